The van der Waals surface area contributed by atoms with E-state index in [1.54, 1.807) is 6.07 Å². The largest absolute Gasteiger partial charge is 0.353 e. The number of halogens is 2. The van der Waals surface area contributed by atoms with E-state index in [4.69, 9.17) is 23.2 Å². The zero-order chi connectivity index (χ0) is 13.1. The number of anilines is 1. The maximum Gasteiger partial charge on any atom is 0.134 e. The molecule has 0 amide bonds. The van der Waals surface area contributed by atoms with Crippen molar-refractivity contribution < 1.29 is 0 Å². The van der Waals surface area contributed by atoms with E-state index in [1.807, 2.05) is 36.2 Å². The van der Waals surface area contributed by atoms with Gasteiger partial charge < -0.3 is 4.90 Å². The third-order valence-electron chi connectivity index (χ3n) is 2.92. The molecule has 0 aliphatic rings. The Balaban J connectivity index is 2.29. The molecular formula is C13H13Cl2N3. The molecule has 0 saturated carbocycles. The van der Waals surface area contributed by atoms with Crippen molar-refractivity contribution in [1.29, 1.82) is 0 Å². The molecular weight excluding hydrogens is 269 g/mol. The fraction of sp³-hybridized carbons (Fsp3) is 0.231. The van der Waals surface area contributed by atoms with Crippen molar-refractivity contribution in [2.24, 2.45) is 0 Å². The van der Waals surface area contributed by atoms with Gasteiger partial charge >= 0.3 is 0 Å². The van der Waals surface area contributed by atoms with Crippen LogP contribution in [0.4, 0.5) is 5.82 Å². The number of nitrogens with zero attached hydrogens (tertiary/aromatic N) is 3. The van der Waals surface area contributed by atoms with E-state index >= 15 is 0 Å². The van der Waals surface area contributed by atoms with Crippen LogP contribution in [-0.2, 0) is 0 Å². The molecule has 1 atom stereocenters. The maximum atomic E-state index is 6.20. The monoisotopic (exact) mass is 281 g/mol. The fourth-order valence-electron chi connectivity index (χ4n) is 1.74. The van der Waals surface area contributed by atoms with Crippen molar-refractivity contribution in [3.8, 4) is 0 Å². The Labute approximate surface area is 116 Å². The van der Waals surface area contributed by atoms with E-state index in [9.17, 15) is 0 Å². The molecule has 5 heteroatoms. The minimum Gasteiger partial charge on any atom is -0.353 e. The molecule has 2 rings (SSSR count). The lowest BCUT2D eigenvalue weighted by Crippen LogP contribution is -2.22. The third-order valence-corrected chi connectivity index (χ3v) is 3.47. The molecule has 1 aromatic heterocycles. The van der Waals surface area contributed by atoms with Crippen LogP contribution in [0.2, 0.25) is 10.2 Å². The molecule has 0 radical (unpaired) electrons. The normalized spacial score (nSPS) is 12.2. The van der Waals surface area contributed by atoms with Crippen LogP contribution in [0.5, 0.6) is 0 Å². The molecule has 3 nitrogen and oxygen atoms in total. The lowest BCUT2D eigenvalue weighted by molar-refractivity contribution is 0.727. The van der Waals surface area contributed by atoms with Gasteiger partial charge in [0.25, 0.3) is 0 Å². The highest BCUT2D eigenvalue weighted by Gasteiger charge is 2.16. The quantitative estimate of drug-likeness (QED) is 0.797. The molecule has 1 unspecified atom stereocenters. The van der Waals surface area contributed by atoms with E-state index in [0.29, 0.717) is 5.15 Å². The average Bonchev–Trinajstić information content (AvgIpc) is 2.37. The molecule has 0 spiro atoms. The molecule has 0 bridgehead atoms. The van der Waals surface area contributed by atoms with E-state index < -0.39 is 0 Å². The summed E-state index contributed by atoms with van der Waals surface area (Å²) in [6.07, 6.45) is 1.45. The zero-order valence-electron chi connectivity index (χ0n) is 10.1. The van der Waals surface area contributed by atoms with Crippen LogP contribution < -0.4 is 4.90 Å². The second-order valence-corrected chi connectivity index (χ2v) is 4.80. The number of benzene rings is 1. The lowest BCUT2D eigenvalue weighted by atomic mass is 10.1. The zero-order valence-corrected chi connectivity index (χ0v) is 11.7. The van der Waals surface area contributed by atoms with Crippen LogP contribution in [0.15, 0.2) is 36.7 Å². The van der Waals surface area contributed by atoms with Gasteiger partial charge in [0.1, 0.15) is 17.3 Å². The van der Waals surface area contributed by atoms with Gasteiger partial charge in [0, 0.05) is 18.1 Å². The van der Waals surface area contributed by atoms with Crippen molar-refractivity contribution in [2.75, 3.05) is 11.9 Å². The average molecular weight is 282 g/mol. The summed E-state index contributed by atoms with van der Waals surface area (Å²) in [6, 6.07) is 9.61. The summed E-state index contributed by atoms with van der Waals surface area (Å²) in [5, 5.41) is 1.18. The summed E-state index contributed by atoms with van der Waals surface area (Å²) in [7, 11) is 1.95. The summed E-state index contributed by atoms with van der Waals surface area (Å²) in [6.45, 7) is 2.07. The first kappa shape index (κ1) is 13.1. The van der Waals surface area contributed by atoms with Crippen LogP contribution in [-0.4, -0.2) is 17.0 Å². The summed E-state index contributed by atoms with van der Waals surface area (Å²) in [5.74, 6) is 0.766. The van der Waals surface area contributed by atoms with Gasteiger partial charge in [-0.25, -0.2) is 9.97 Å². The Hall–Kier alpha value is -1.32. The topological polar surface area (TPSA) is 29.0 Å². The minimum absolute atomic E-state index is 0.102. The first-order chi connectivity index (χ1) is 8.59. The lowest BCUT2D eigenvalue weighted by Gasteiger charge is -2.26. The highest BCUT2D eigenvalue weighted by atomic mass is 35.5. The van der Waals surface area contributed by atoms with Gasteiger partial charge in [-0.1, -0.05) is 41.4 Å². The number of rotatable bonds is 3. The number of aromatic nitrogens is 2. The van der Waals surface area contributed by atoms with Crippen LogP contribution in [0.25, 0.3) is 0 Å². The molecule has 94 valence electrons. The Morgan fingerprint density at radius 3 is 2.56 bits per heavy atom. The van der Waals surface area contributed by atoms with Crippen molar-refractivity contribution in [2.45, 2.75) is 13.0 Å². The summed E-state index contributed by atoms with van der Waals surface area (Å²) >= 11 is 12.1. The second-order valence-electron chi connectivity index (χ2n) is 4.01. The highest BCUT2D eigenvalue weighted by molar-refractivity contribution is 6.31. The maximum absolute atomic E-state index is 6.20. The molecule has 0 aliphatic carbocycles. The van der Waals surface area contributed by atoms with E-state index in [0.717, 1.165) is 16.4 Å². The SMILES string of the molecule is CC(c1ccccc1Cl)N(C)c1cc(Cl)ncn1. The Morgan fingerprint density at radius 1 is 1.17 bits per heavy atom. The fourth-order valence-corrected chi connectivity index (χ4v) is 2.17. The molecule has 1 heterocycles. The Kier molecular flexibility index (Phi) is 4.04. The molecule has 1 aromatic carbocycles. The minimum atomic E-state index is 0.102. The van der Waals surface area contributed by atoms with E-state index in [-0.39, 0.29) is 6.04 Å². The Morgan fingerprint density at radius 2 is 1.89 bits per heavy atom. The molecule has 0 saturated heterocycles. The van der Waals surface area contributed by atoms with Gasteiger partial charge in [0.15, 0.2) is 0 Å². The predicted octanol–water partition coefficient (Wildman–Crippen LogP) is 3.98. The first-order valence-electron chi connectivity index (χ1n) is 5.54. The van der Waals surface area contributed by atoms with Crippen molar-refractivity contribution in [3.63, 3.8) is 0 Å². The van der Waals surface area contributed by atoms with Gasteiger partial charge in [-0.15, -0.1) is 0 Å². The second kappa shape index (κ2) is 5.55. The third kappa shape index (κ3) is 2.74. The van der Waals surface area contributed by atoms with Crippen molar-refractivity contribution >= 4 is 29.0 Å². The molecule has 0 N–H and O–H groups in total. The molecule has 2 aromatic rings. The van der Waals surface area contributed by atoms with Gasteiger partial charge in [0.05, 0.1) is 6.04 Å². The summed E-state index contributed by atoms with van der Waals surface area (Å²) < 4.78 is 0. The van der Waals surface area contributed by atoms with Gasteiger partial charge in [-0.05, 0) is 18.6 Å². The van der Waals surface area contributed by atoms with E-state index in [1.165, 1.54) is 6.33 Å². The van der Waals surface area contributed by atoms with Crippen LogP contribution in [0.3, 0.4) is 0 Å². The number of hydrogen-bond acceptors (Lipinski definition) is 3. The van der Waals surface area contributed by atoms with Gasteiger partial charge in [0.2, 0.25) is 0 Å². The van der Waals surface area contributed by atoms with Crippen LogP contribution in [0.1, 0.15) is 18.5 Å². The number of hydrogen-bond donors (Lipinski definition) is 0. The first-order valence-corrected chi connectivity index (χ1v) is 6.30. The molecule has 0 fully saturated rings. The molecule has 18 heavy (non-hydrogen) atoms. The van der Waals surface area contributed by atoms with Gasteiger partial charge in [-0.2, -0.15) is 0 Å². The molecule has 0 aliphatic heterocycles. The smallest absolute Gasteiger partial charge is 0.134 e. The van der Waals surface area contributed by atoms with Crippen molar-refractivity contribution in [3.05, 3.63) is 52.4 Å². The predicted molar refractivity (Wildman–Crippen MR) is 75.3 cm³/mol. The summed E-state index contributed by atoms with van der Waals surface area (Å²) in [4.78, 5) is 10.1. The van der Waals surface area contributed by atoms with Crippen molar-refractivity contribution in [1.82, 2.24) is 9.97 Å². The summed E-state index contributed by atoms with van der Waals surface area (Å²) in [5.41, 5.74) is 1.05. The Bertz CT molecular complexity index is 545. The van der Waals surface area contributed by atoms with Crippen LogP contribution in [0, 0.1) is 0 Å². The van der Waals surface area contributed by atoms with E-state index in [2.05, 4.69) is 16.9 Å². The van der Waals surface area contributed by atoms with Crippen LogP contribution >= 0.6 is 23.2 Å². The standard InChI is InChI=1S/C13H13Cl2N3/c1-9(10-5-3-4-6-11(10)14)18(2)13-7-12(15)16-8-17-13/h3-9H,1-2H3. The highest BCUT2D eigenvalue weighted by Crippen LogP contribution is 2.29. The van der Waals surface area contributed by atoms with Gasteiger partial charge in [-0.3, -0.25) is 0 Å².